The van der Waals surface area contributed by atoms with Crippen molar-refractivity contribution in [1.82, 2.24) is 0 Å². The summed E-state index contributed by atoms with van der Waals surface area (Å²) >= 11 is 0. The number of sulfone groups is 1. The zero-order valence-corrected chi connectivity index (χ0v) is 18.5. The molecule has 0 unspecified atom stereocenters. The summed E-state index contributed by atoms with van der Waals surface area (Å²) in [5.41, 5.74) is 3.03. The first-order valence-corrected chi connectivity index (χ1v) is 11.9. The summed E-state index contributed by atoms with van der Waals surface area (Å²) in [5.74, 6) is 1.49. The molecule has 2 nitrogen and oxygen atoms in total. The van der Waals surface area contributed by atoms with E-state index in [0.29, 0.717) is 11.7 Å². The van der Waals surface area contributed by atoms with Gasteiger partial charge in [0.1, 0.15) is 0 Å². The summed E-state index contributed by atoms with van der Waals surface area (Å²) in [5, 5.41) is 0. The van der Waals surface area contributed by atoms with Crippen LogP contribution in [-0.2, 0) is 21.7 Å². The van der Waals surface area contributed by atoms with Gasteiger partial charge in [-0.2, -0.15) is 0 Å². The van der Waals surface area contributed by atoms with Gasteiger partial charge < -0.3 is 0 Å². The standard InChI is InChI=1S/C23H38O2S/c1-22(2,3)21-15-13-19(14-16-21)8-7-18-9-11-20(12-10-18)17-26(24,25)23(4,5)6/h13-16,18,20H,7-12,17H2,1-6H3. The van der Waals surface area contributed by atoms with Crippen molar-refractivity contribution in [2.45, 2.75) is 90.2 Å². The maximum Gasteiger partial charge on any atom is 0.155 e. The molecule has 0 spiro atoms. The third-order valence-electron chi connectivity index (χ3n) is 6.02. The molecule has 1 aromatic rings. The Labute approximate surface area is 161 Å². The van der Waals surface area contributed by atoms with E-state index in [2.05, 4.69) is 45.0 Å². The smallest absolute Gasteiger partial charge is 0.155 e. The van der Waals surface area contributed by atoms with E-state index in [1.165, 1.54) is 30.4 Å². The Hall–Kier alpha value is -0.830. The molecular formula is C23H38O2S. The van der Waals surface area contributed by atoms with Crippen molar-refractivity contribution in [1.29, 1.82) is 0 Å². The lowest BCUT2D eigenvalue weighted by molar-refractivity contribution is 0.278. The summed E-state index contributed by atoms with van der Waals surface area (Å²) in [6, 6.07) is 9.09. The molecule has 3 heteroatoms. The van der Waals surface area contributed by atoms with Crippen molar-refractivity contribution in [3.8, 4) is 0 Å². The molecule has 0 saturated heterocycles. The quantitative estimate of drug-likeness (QED) is 0.635. The minimum absolute atomic E-state index is 0.213. The average Bonchev–Trinajstić information content (AvgIpc) is 2.52. The number of rotatable bonds is 5. The molecule has 0 radical (unpaired) electrons. The highest BCUT2D eigenvalue weighted by molar-refractivity contribution is 7.92. The van der Waals surface area contributed by atoms with E-state index in [1.54, 1.807) is 0 Å². The second-order valence-corrected chi connectivity index (χ2v) is 13.1. The van der Waals surface area contributed by atoms with Gasteiger partial charge in [-0.05, 0) is 74.8 Å². The number of hydrogen-bond acceptors (Lipinski definition) is 2. The van der Waals surface area contributed by atoms with E-state index in [4.69, 9.17) is 0 Å². The van der Waals surface area contributed by atoms with Gasteiger partial charge >= 0.3 is 0 Å². The average molecular weight is 379 g/mol. The Kier molecular flexibility index (Phi) is 6.64. The largest absolute Gasteiger partial charge is 0.228 e. The predicted octanol–water partition coefficient (Wildman–Crippen LogP) is 5.94. The van der Waals surface area contributed by atoms with Crippen molar-refractivity contribution in [3.05, 3.63) is 35.4 Å². The van der Waals surface area contributed by atoms with Crippen LogP contribution in [0.25, 0.3) is 0 Å². The van der Waals surface area contributed by atoms with Crippen LogP contribution >= 0.6 is 0 Å². The maximum atomic E-state index is 12.4. The van der Waals surface area contributed by atoms with E-state index < -0.39 is 14.6 Å². The van der Waals surface area contributed by atoms with Crippen LogP contribution in [0.2, 0.25) is 0 Å². The molecule has 1 aromatic carbocycles. The van der Waals surface area contributed by atoms with Crippen LogP contribution in [0.1, 0.15) is 84.8 Å². The van der Waals surface area contributed by atoms with Crippen LogP contribution in [0.15, 0.2) is 24.3 Å². The van der Waals surface area contributed by atoms with Crippen LogP contribution in [0.5, 0.6) is 0 Å². The van der Waals surface area contributed by atoms with Crippen LogP contribution in [0, 0.1) is 11.8 Å². The van der Waals surface area contributed by atoms with Gasteiger partial charge in [-0.25, -0.2) is 8.42 Å². The van der Waals surface area contributed by atoms with Gasteiger partial charge in [0.25, 0.3) is 0 Å². The Morgan fingerprint density at radius 2 is 1.35 bits per heavy atom. The molecule has 0 heterocycles. The van der Waals surface area contributed by atoms with Gasteiger partial charge in [0.2, 0.25) is 0 Å². The van der Waals surface area contributed by atoms with Gasteiger partial charge in [-0.1, -0.05) is 57.9 Å². The molecule has 26 heavy (non-hydrogen) atoms. The minimum Gasteiger partial charge on any atom is -0.228 e. The molecule has 0 bridgehead atoms. The van der Waals surface area contributed by atoms with Crippen molar-refractivity contribution in [2.75, 3.05) is 5.75 Å². The molecule has 0 aromatic heterocycles. The Morgan fingerprint density at radius 1 is 0.846 bits per heavy atom. The Balaban J connectivity index is 1.79. The first-order chi connectivity index (χ1) is 11.9. The van der Waals surface area contributed by atoms with Gasteiger partial charge in [0.05, 0.1) is 10.5 Å². The van der Waals surface area contributed by atoms with E-state index in [1.807, 2.05) is 20.8 Å². The first-order valence-electron chi connectivity index (χ1n) is 10.2. The minimum atomic E-state index is -2.99. The van der Waals surface area contributed by atoms with Crippen LogP contribution in [0.3, 0.4) is 0 Å². The fraction of sp³-hybridized carbons (Fsp3) is 0.739. The number of aryl methyl sites for hydroxylation is 1. The van der Waals surface area contributed by atoms with E-state index in [0.717, 1.165) is 25.2 Å². The van der Waals surface area contributed by atoms with Crippen molar-refractivity contribution in [3.63, 3.8) is 0 Å². The zero-order valence-electron chi connectivity index (χ0n) is 17.6. The van der Waals surface area contributed by atoms with Gasteiger partial charge in [-0.3, -0.25) is 0 Å². The molecule has 2 rings (SSSR count). The molecule has 0 atom stereocenters. The maximum absolute atomic E-state index is 12.4. The lowest BCUT2D eigenvalue weighted by Crippen LogP contribution is -2.34. The first kappa shape index (κ1) is 21.5. The second-order valence-electron chi connectivity index (χ2n) is 10.3. The molecule has 0 amide bonds. The molecule has 0 N–H and O–H groups in total. The number of hydrogen-bond donors (Lipinski definition) is 0. The highest BCUT2D eigenvalue weighted by Crippen LogP contribution is 2.34. The molecule has 0 aliphatic heterocycles. The summed E-state index contributed by atoms with van der Waals surface area (Å²) in [6.07, 6.45) is 6.88. The monoisotopic (exact) mass is 378 g/mol. The Bertz CT molecular complexity index is 664. The van der Waals surface area contributed by atoms with Gasteiger partial charge in [0, 0.05) is 0 Å². The summed E-state index contributed by atoms with van der Waals surface area (Å²) in [4.78, 5) is 0. The summed E-state index contributed by atoms with van der Waals surface area (Å²) in [7, 11) is -2.99. The van der Waals surface area contributed by atoms with Crippen molar-refractivity contribution in [2.24, 2.45) is 11.8 Å². The highest BCUT2D eigenvalue weighted by Gasteiger charge is 2.33. The van der Waals surface area contributed by atoms with Gasteiger partial charge in [-0.15, -0.1) is 0 Å². The fourth-order valence-corrected chi connectivity index (χ4v) is 5.24. The summed E-state index contributed by atoms with van der Waals surface area (Å²) < 4.78 is 24.2. The topological polar surface area (TPSA) is 34.1 Å². The molecule has 1 aliphatic rings. The van der Waals surface area contributed by atoms with E-state index in [-0.39, 0.29) is 5.41 Å². The lowest BCUT2D eigenvalue weighted by Gasteiger charge is -2.30. The lowest BCUT2D eigenvalue weighted by atomic mass is 9.80. The second kappa shape index (κ2) is 8.04. The van der Waals surface area contributed by atoms with E-state index in [9.17, 15) is 8.42 Å². The highest BCUT2D eigenvalue weighted by atomic mass is 32.2. The summed E-state index contributed by atoms with van der Waals surface area (Å²) in [6.45, 7) is 12.2. The van der Waals surface area contributed by atoms with Crippen molar-refractivity contribution < 1.29 is 8.42 Å². The molecule has 1 aliphatic carbocycles. The molecule has 148 valence electrons. The fourth-order valence-electron chi connectivity index (χ4n) is 3.79. The normalized spacial score (nSPS) is 22.4. The number of benzene rings is 1. The zero-order chi connectivity index (χ0) is 19.6. The Morgan fingerprint density at radius 3 is 1.81 bits per heavy atom. The molecule has 1 saturated carbocycles. The SMILES string of the molecule is CC(C)(C)c1ccc(CCC2CCC(CS(=O)(=O)C(C)(C)C)CC2)cc1. The van der Waals surface area contributed by atoms with Crippen LogP contribution in [-0.4, -0.2) is 18.9 Å². The van der Waals surface area contributed by atoms with Crippen LogP contribution < -0.4 is 0 Å². The third kappa shape index (κ3) is 5.84. The third-order valence-corrected chi connectivity index (χ3v) is 8.79. The molecular weight excluding hydrogens is 340 g/mol. The van der Waals surface area contributed by atoms with Gasteiger partial charge in [0.15, 0.2) is 9.84 Å². The predicted molar refractivity (Wildman–Crippen MR) is 112 cm³/mol. The van der Waals surface area contributed by atoms with E-state index >= 15 is 0 Å². The molecule has 1 fully saturated rings. The van der Waals surface area contributed by atoms with Crippen LogP contribution in [0.4, 0.5) is 0 Å². The van der Waals surface area contributed by atoms with Crippen molar-refractivity contribution >= 4 is 9.84 Å².